The molecule has 4 heteroatoms. The lowest BCUT2D eigenvalue weighted by Crippen LogP contribution is -2.18. The summed E-state index contributed by atoms with van der Waals surface area (Å²) in [4.78, 5) is 0. The predicted molar refractivity (Wildman–Crippen MR) is 79.6 cm³/mol. The first-order valence-electron chi connectivity index (χ1n) is 7.47. The van der Waals surface area contributed by atoms with Gasteiger partial charge in [-0.25, -0.2) is 0 Å². The molecule has 19 heavy (non-hydrogen) atoms. The van der Waals surface area contributed by atoms with Crippen molar-refractivity contribution in [1.82, 2.24) is 15.1 Å². The lowest BCUT2D eigenvalue weighted by Gasteiger charge is -2.16. The van der Waals surface area contributed by atoms with Gasteiger partial charge in [0.2, 0.25) is 0 Å². The first kappa shape index (κ1) is 16.2. The molecule has 0 spiro atoms. The average molecular weight is 267 g/mol. The van der Waals surface area contributed by atoms with Crippen LogP contribution in [0.4, 0.5) is 0 Å². The van der Waals surface area contributed by atoms with Crippen LogP contribution in [0.1, 0.15) is 56.6 Å². The van der Waals surface area contributed by atoms with Crippen LogP contribution in [0.15, 0.2) is 0 Å². The summed E-state index contributed by atoms with van der Waals surface area (Å²) >= 11 is 0. The van der Waals surface area contributed by atoms with Crippen molar-refractivity contribution < 1.29 is 4.74 Å². The van der Waals surface area contributed by atoms with E-state index in [1.54, 1.807) is 7.11 Å². The molecule has 0 aliphatic rings. The van der Waals surface area contributed by atoms with E-state index in [1.165, 1.54) is 17.0 Å². The fourth-order valence-electron chi connectivity index (χ4n) is 2.70. The second kappa shape index (κ2) is 8.33. The molecular formula is C15H29N3O. The van der Waals surface area contributed by atoms with Crippen molar-refractivity contribution in [3.8, 4) is 0 Å². The maximum atomic E-state index is 5.14. The van der Waals surface area contributed by atoms with Crippen LogP contribution in [0.2, 0.25) is 0 Å². The van der Waals surface area contributed by atoms with Gasteiger partial charge in [0.05, 0.1) is 5.69 Å². The molecule has 0 bridgehead atoms. The number of ether oxygens (including phenoxy) is 1. The van der Waals surface area contributed by atoms with E-state index in [0.29, 0.717) is 6.04 Å². The molecular weight excluding hydrogens is 238 g/mol. The Kier molecular flexibility index (Phi) is 7.10. The SMILES string of the molecule is CCc1nn(CCCOC)c(CC)c1C(CC)NC. The van der Waals surface area contributed by atoms with E-state index < -0.39 is 0 Å². The molecule has 1 aromatic heterocycles. The largest absolute Gasteiger partial charge is 0.385 e. The van der Waals surface area contributed by atoms with Gasteiger partial charge in [0.15, 0.2) is 0 Å². The van der Waals surface area contributed by atoms with Crippen molar-refractivity contribution in [2.45, 2.75) is 59.0 Å². The predicted octanol–water partition coefficient (Wildman–Crippen LogP) is 2.71. The average Bonchev–Trinajstić information content (AvgIpc) is 2.78. The normalized spacial score (nSPS) is 12.9. The van der Waals surface area contributed by atoms with E-state index in [2.05, 4.69) is 30.8 Å². The Labute approximate surface area is 117 Å². The van der Waals surface area contributed by atoms with Gasteiger partial charge in [0.25, 0.3) is 0 Å². The van der Waals surface area contributed by atoms with Crippen LogP contribution in [0.25, 0.3) is 0 Å². The highest BCUT2D eigenvalue weighted by Crippen LogP contribution is 2.26. The minimum absolute atomic E-state index is 0.418. The summed E-state index contributed by atoms with van der Waals surface area (Å²) in [7, 11) is 3.79. The number of hydrogen-bond acceptors (Lipinski definition) is 3. The molecule has 1 rings (SSSR count). The van der Waals surface area contributed by atoms with Crippen LogP contribution in [0.5, 0.6) is 0 Å². The van der Waals surface area contributed by atoms with Crippen LogP contribution in [-0.4, -0.2) is 30.5 Å². The lowest BCUT2D eigenvalue weighted by atomic mass is 9.99. The first-order valence-corrected chi connectivity index (χ1v) is 7.47. The van der Waals surface area contributed by atoms with Gasteiger partial charge < -0.3 is 10.1 Å². The number of methoxy groups -OCH3 is 1. The third kappa shape index (κ3) is 3.80. The molecule has 0 aliphatic heterocycles. The quantitative estimate of drug-likeness (QED) is 0.699. The van der Waals surface area contributed by atoms with Crippen molar-refractivity contribution in [1.29, 1.82) is 0 Å². The molecule has 1 N–H and O–H groups in total. The molecule has 0 radical (unpaired) electrons. The number of hydrogen-bond donors (Lipinski definition) is 1. The minimum Gasteiger partial charge on any atom is -0.385 e. The van der Waals surface area contributed by atoms with Gasteiger partial charge in [-0.05, 0) is 32.7 Å². The van der Waals surface area contributed by atoms with Crippen LogP contribution < -0.4 is 5.32 Å². The fourth-order valence-corrected chi connectivity index (χ4v) is 2.70. The molecule has 0 saturated carbocycles. The molecule has 1 unspecified atom stereocenters. The molecule has 1 heterocycles. The first-order chi connectivity index (χ1) is 9.23. The summed E-state index contributed by atoms with van der Waals surface area (Å²) in [5.41, 5.74) is 4.05. The zero-order valence-electron chi connectivity index (χ0n) is 13.1. The summed E-state index contributed by atoms with van der Waals surface area (Å²) in [6.07, 6.45) is 4.15. The van der Waals surface area contributed by atoms with Gasteiger partial charge in [0, 0.05) is 37.6 Å². The Balaban J connectivity index is 3.05. The summed E-state index contributed by atoms with van der Waals surface area (Å²) in [6, 6.07) is 0.418. The van der Waals surface area contributed by atoms with Gasteiger partial charge in [-0.2, -0.15) is 5.10 Å². The van der Waals surface area contributed by atoms with Crippen LogP contribution in [-0.2, 0) is 24.1 Å². The monoisotopic (exact) mass is 267 g/mol. The lowest BCUT2D eigenvalue weighted by molar-refractivity contribution is 0.188. The number of nitrogens with one attached hydrogen (secondary N) is 1. The van der Waals surface area contributed by atoms with E-state index in [0.717, 1.165) is 38.8 Å². The highest BCUT2D eigenvalue weighted by molar-refractivity contribution is 5.30. The van der Waals surface area contributed by atoms with Crippen molar-refractivity contribution >= 4 is 0 Å². The third-order valence-corrected chi connectivity index (χ3v) is 3.67. The van der Waals surface area contributed by atoms with E-state index in [9.17, 15) is 0 Å². The number of rotatable bonds is 9. The Hall–Kier alpha value is -0.870. The smallest absolute Gasteiger partial charge is 0.0672 e. The topological polar surface area (TPSA) is 39.1 Å². The Morgan fingerprint density at radius 3 is 2.47 bits per heavy atom. The van der Waals surface area contributed by atoms with Gasteiger partial charge in [-0.1, -0.05) is 20.8 Å². The molecule has 0 saturated heterocycles. The van der Waals surface area contributed by atoms with Gasteiger partial charge >= 0.3 is 0 Å². The maximum Gasteiger partial charge on any atom is 0.0672 e. The minimum atomic E-state index is 0.418. The highest BCUT2D eigenvalue weighted by atomic mass is 16.5. The number of aryl methyl sites for hydroxylation is 2. The Morgan fingerprint density at radius 2 is 2.00 bits per heavy atom. The standard InChI is InChI=1S/C15H29N3O/c1-6-12(16-4)15-13(7-2)17-18(14(15)8-3)10-9-11-19-5/h12,16H,6-11H2,1-5H3. The zero-order chi connectivity index (χ0) is 14.3. The van der Waals surface area contributed by atoms with Crippen molar-refractivity contribution in [2.75, 3.05) is 20.8 Å². The molecule has 1 aromatic rings. The number of nitrogens with zero attached hydrogens (tertiary/aromatic N) is 2. The Morgan fingerprint density at radius 1 is 1.26 bits per heavy atom. The maximum absolute atomic E-state index is 5.14. The summed E-state index contributed by atoms with van der Waals surface area (Å²) in [5.74, 6) is 0. The number of aromatic nitrogens is 2. The second-order valence-electron chi connectivity index (χ2n) is 4.83. The van der Waals surface area contributed by atoms with Crippen LogP contribution in [0, 0.1) is 0 Å². The molecule has 0 aliphatic carbocycles. The van der Waals surface area contributed by atoms with Crippen LogP contribution in [0.3, 0.4) is 0 Å². The van der Waals surface area contributed by atoms with Crippen molar-refractivity contribution in [3.63, 3.8) is 0 Å². The van der Waals surface area contributed by atoms with Gasteiger partial charge in [-0.3, -0.25) is 4.68 Å². The van der Waals surface area contributed by atoms with E-state index in [1.807, 2.05) is 7.05 Å². The molecule has 0 fully saturated rings. The second-order valence-corrected chi connectivity index (χ2v) is 4.83. The highest BCUT2D eigenvalue weighted by Gasteiger charge is 2.21. The molecule has 0 aromatic carbocycles. The summed E-state index contributed by atoms with van der Waals surface area (Å²) < 4.78 is 7.32. The van der Waals surface area contributed by atoms with E-state index in [-0.39, 0.29) is 0 Å². The Bertz CT molecular complexity index is 370. The molecule has 0 amide bonds. The summed E-state index contributed by atoms with van der Waals surface area (Å²) in [6.45, 7) is 8.37. The van der Waals surface area contributed by atoms with Gasteiger partial charge in [0.1, 0.15) is 0 Å². The van der Waals surface area contributed by atoms with Crippen molar-refractivity contribution in [2.24, 2.45) is 0 Å². The molecule has 4 nitrogen and oxygen atoms in total. The van der Waals surface area contributed by atoms with Gasteiger partial charge in [-0.15, -0.1) is 0 Å². The van der Waals surface area contributed by atoms with E-state index >= 15 is 0 Å². The van der Waals surface area contributed by atoms with Crippen LogP contribution >= 0.6 is 0 Å². The zero-order valence-corrected chi connectivity index (χ0v) is 13.1. The third-order valence-electron chi connectivity index (χ3n) is 3.67. The van der Waals surface area contributed by atoms with Crippen molar-refractivity contribution in [3.05, 3.63) is 17.0 Å². The molecule has 110 valence electrons. The fraction of sp³-hybridized carbons (Fsp3) is 0.800. The molecule has 1 atom stereocenters. The van der Waals surface area contributed by atoms with E-state index in [4.69, 9.17) is 9.84 Å². The summed E-state index contributed by atoms with van der Waals surface area (Å²) in [5, 5.41) is 8.23.